The molecule has 160 valence electrons. The predicted octanol–water partition coefficient (Wildman–Crippen LogP) is 3.43. The van der Waals surface area contributed by atoms with E-state index in [1.54, 1.807) is 5.57 Å². The first-order valence-electron chi connectivity index (χ1n) is 11.3. The zero-order chi connectivity index (χ0) is 20.5. The van der Waals surface area contributed by atoms with Gasteiger partial charge in [0.2, 0.25) is 0 Å². The van der Waals surface area contributed by atoms with Crippen LogP contribution in [0.15, 0.2) is 11.6 Å². The largest absolute Gasteiger partial charge is 0.333 e. The smallest absolute Gasteiger partial charge is 0.317 e. The van der Waals surface area contributed by atoms with E-state index >= 15 is 0 Å². The Hall–Kier alpha value is -1.07. The van der Waals surface area contributed by atoms with E-state index < -0.39 is 0 Å². The van der Waals surface area contributed by atoms with Crippen molar-refractivity contribution >= 4 is 6.03 Å². The van der Waals surface area contributed by atoms with Gasteiger partial charge in [-0.25, -0.2) is 4.79 Å². The molecule has 2 unspecified atom stereocenters. The summed E-state index contributed by atoms with van der Waals surface area (Å²) in [6.45, 7) is 21.4. The average Bonchev–Trinajstić information content (AvgIpc) is 2.64. The monoisotopic (exact) mass is 390 g/mol. The van der Waals surface area contributed by atoms with E-state index in [1.807, 2.05) is 25.7 Å². The normalized spacial score (nSPS) is 27.4. The Morgan fingerprint density at radius 3 is 2.46 bits per heavy atom. The molecular weight excluding hydrogens is 348 g/mol. The molecule has 2 bridgehead atoms. The first kappa shape index (κ1) is 21.6. The fraction of sp³-hybridized carbons (Fsp3) is 0.870. The zero-order valence-electron chi connectivity index (χ0n) is 19.1. The molecular formula is C23H42N4O. The number of nitrogens with zero attached hydrogens (tertiary/aromatic N) is 3. The Kier molecular flexibility index (Phi) is 6.45. The summed E-state index contributed by atoms with van der Waals surface area (Å²) in [5.74, 6) is 1.73. The van der Waals surface area contributed by atoms with Crippen molar-refractivity contribution in [2.45, 2.75) is 59.9 Å². The Balaban J connectivity index is 1.41. The Bertz CT molecular complexity index is 584. The number of carbonyl (C=O) groups excluding carboxylic acids is 1. The third-order valence-electron chi connectivity index (χ3n) is 7.31. The van der Waals surface area contributed by atoms with Gasteiger partial charge in [0.25, 0.3) is 0 Å². The summed E-state index contributed by atoms with van der Waals surface area (Å²) in [5.41, 5.74) is 2.05. The molecule has 1 heterocycles. The summed E-state index contributed by atoms with van der Waals surface area (Å²) >= 11 is 0. The van der Waals surface area contributed by atoms with Gasteiger partial charge < -0.3 is 10.2 Å². The maximum absolute atomic E-state index is 12.3. The van der Waals surface area contributed by atoms with E-state index in [4.69, 9.17) is 0 Å². The second kappa shape index (κ2) is 8.35. The highest BCUT2D eigenvalue weighted by Crippen LogP contribution is 2.59. The summed E-state index contributed by atoms with van der Waals surface area (Å²) in [6.07, 6.45) is 5.24. The Labute approximate surface area is 172 Å². The highest BCUT2D eigenvalue weighted by Gasteiger charge is 2.51. The third-order valence-corrected chi connectivity index (χ3v) is 7.31. The van der Waals surface area contributed by atoms with Crippen LogP contribution in [-0.4, -0.2) is 78.6 Å². The molecule has 1 saturated carbocycles. The van der Waals surface area contributed by atoms with Gasteiger partial charge >= 0.3 is 6.03 Å². The molecule has 4 aliphatic rings. The van der Waals surface area contributed by atoms with Crippen molar-refractivity contribution in [1.82, 2.24) is 20.0 Å². The van der Waals surface area contributed by atoms with Crippen molar-refractivity contribution in [2.75, 3.05) is 52.4 Å². The van der Waals surface area contributed by atoms with Gasteiger partial charge in [0.1, 0.15) is 0 Å². The molecule has 0 aromatic rings. The molecule has 2 amide bonds. The number of piperazine rings is 1. The lowest BCUT2D eigenvalue weighted by Gasteiger charge is -2.57. The zero-order valence-corrected chi connectivity index (χ0v) is 19.1. The SMILES string of the molecule is CCN(CCN1CCN(C(=O)NC(C)(C)C)CC1)CC1=CCC2CC1C2(C)C. The van der Waals surface area contributed by atoms with Gasteiger partial charge in [-0.15, -0.1) is 0 Å². The number of nitrogens with one attached hydrogen (secondary N) is 1. The highest BCUT2D eigenvalue weighted by atomic mass is 16.2. The van der Waals surface area contributed by atoms with Crippen LogP contribution in [0.1, 0.15) is 54.4 Å². The van der Waals surface area contributed by atoms with Crippen LogP contribution in [0.3, 0.4) is 0 Å². The van der Waals surface area contributed by atoms with E-state index in [2.05, 4.69) is 42.0 Å². The molecule has 5 heteroatoms. The van der Waals surface area contributed by atoms with Gasteiger partial charge in [0.05, 0.1) is 0 Å². The Morgan fingerprint density at radius 2 is 1.93 bits per heavy atom. The van der Waals surface area contributed by atoms with E-state index in [0.717, 1.165) is 64.2 Å². The minimum absolute atomic E-state index is 0.0768. The molecule has 3 aliphatic carbocycles. The molecule has 2 fully saturated rings. The number of likely N-dealkylation sites (N-methyl/N-ethyl adjacent to an activating group) is 1. The van der Waals surface area contributed by atoms with Gasteiger partial charge in [0, 0.05) is 51.4 Å². The van der Waals surface area contributed by atoms with E-state index in [9.17, 15) is 4.79 Å². The standard InChI is InChI=1S/C23H42N4O/c1-7-25(17-18-8-9-19-16-20(18)23(19,5)6)10-11-26-12-14-27(15-13-26)21(28)24-22(2,3)4/h8,19-20H,7,9-17H2,1-6H3,(H,24,28). The highest BCUT2D eigenvalue weighted by molar-refractivity contribution is 5.75. The summed E-state index contributed by atoms with van der Waals surface area (Å²) in [4.78, 5) is 19.4. The van der Waals surface area contributed by atoms with Crippen LogP contribution in [0.4, 0.5) is 4.79 Å². The lowest BCUT2D eigenvalue weighted by molar-refractivity contribution is -0.0108. The number of fused-ring (bicyclic) bond motifs is 1. The molecule has 1 aliphatic heterocycles. The Morgan fingerprint density at radius 1 is 1.25 bits per heavy atom. The quantitative estimate of drug-likeness (QED) is 0.706. The third kappa shape index (κ3) is 4.91. The van der Waals surface area contributed by atoms with Crippen LogP contribution in [0.5, 0.6) is 0 Å². The number of rotatable bonds is 6. The van der Waals surface area contributed by atoms with Crippen molar-refractivity contribution in [1.29, 1.82) is 0 Å². The molecule has 0 aromatic carbocycles. The molecule has 0 aromatic heterocycles. The molecule has 5 nitrogen and oxygen atoms in total. The number of hydrogen-bond acceptors (Lipinski definition) is 3. The van der Waals surface area contributed by atoms with Gasteiger partial charge in [-0.05, 0) is 57.4 Å². The second-order valence-electron chi connectivity index (χ2n) is 10.7. The van der Waals surface area contributed by atoms with Crippen LogP contribution in [0, 0.1) is 17.3 Å². The van der Waals surface area contributed by atoms with Gasteiger partial charge in [-0.1, -0.05) is 32.4 Å². The first-order chi connectivity index (χ1) is 13.1. The summed E-state index contributed by atoms with van der Waals surface area (Å²) in [6, 6.07) is 0.0768. The van der Waals surface area contributed by atoms with E-state index in [0.29, 0.717) is 5.41 Å². The van der Waals surface area contributed by atoms with Crippen LogP contribution in [-0.2, 0) is 0 Å². The average molecular weight is 391 g/mol. The maximum atomic E-state index is 12.3. The molecule has 1 N–H and O–H groups in total. The van der Waals surface area contributed by atoms with E-state index in [-0.39, 0.29) is 11.6 Å². The summed E-state index contributed by atoms with van der Waals surface area (Å²) in [7, 11) is 0. The van der Waals surface area contributed by atoms with Crippen molar-refractivity contribution in [3.63, 3.8) is 0 Å². The van der Waals surface area contributed by atoms with Crippen molar-refractivity contribution in [3.05, 3.63) is 11.6 Å². The molecule has 2 atom stereocenters. The topological polar surface area (TPSA) is 38.8 Å². The van der Waals surface area contributed by atoms with Crippen molar-refractivity contribution in [3.8, 4) is 0 Å². The fourth-order valence-electron chi connectivity index (χ4n) is 5.12. The van der Waals surface area contributed by atoms with Crippen molar-refractivity contribution < 1.29 is 4.79 Å². The second-order valence-corrected chi connectivity index (χ2v) is 10.7. The van der Waals surface area contributed by atoms with Crippen LogP contribution < -0.4 is 5.32 Å². The summed E-state index contributed by atoms with van der Waals surface area (Å²) < 4.78 is 0. The first-order valence-corrected chi connectivity index (χ1v) is 11.3. The number of hydrogen-bond donors (Lipinski definition) is 1. The molecule has 0 spiro atoms. The minimum atomic E-state index is -0.168. The molecule has 4 rings (SSSR count). The molecule has 1 saturated heterocycles. The minimum Gasteiger partial charge on any atom is -0.333 e. The fourth-order valence-corrected chi connectivity index (χ4v) is 5.12. The van der Waals surface area contributed by atoms with Gasteiger partial charge in [-0.3, -0.25) is 9.80 Å². The molecule has 28 heavy (non-hydrogen) atoms. The van der Waals surface area contributed by atoms with Crippen LogP contribution in [0.2, 0.25) is 0 Å². The number of carbonyl (C=O) groups is 1. The predicted molar refractivity (Wildman–Crippen MR) is 116 cm³/mol. The van der Waals surface area contributed by atoms with E-state index in [1.165, 1.54) is 12.8 Å². The maximum Gasteiger partial charge on any atom is 0.317 e. The van der Waals surface area contributed by atoms with Crippen LogP contribution in [0.25, 0.3) is 0 Å². The van der Waals surface area contributed by atoms with Gasteiger partial charge in [0.15, 0.2) is 0 Å². The number of urea groups is 1. The lowest BCUT2D eigenvalue weighted by atomic mass is 9.49. The molecule has 0 radical (unpaired) electrons. The van der Waals surface area contributed by atoms with Crippen molar-refractivity contribution in [2.24, 2.45) is 17.3 Å². The lowest BCUT2D eigenvalue weighted by Crippen LogP contribution is -2.55. The summed E-state index contributed by atoms with van der Waals surface area (Å²) in [5, 5.41) is 3.08. The van der Waals surface area contributed by atoms with Gasteiger partial charge in [-0.2, -0.15) is 0 Å². The van der Waals surface area contributed by atoms with Crippen LogP contribution >= 0.6 is 0 Å². The number of allylic oxidation sites excluding steroid dienone is 1. The number of amides is 2.